The number of fused-ring (bicyclic) bond motifs is 5. The van der Waals surface area contributed by atoms with E-state index in [1.165, 1.54) is 96.1 Å². The van der Waals surface area contributed by atoms with Crippen LogP contribution < -0.4 is 5.32 Å². The third kappa shape index (κ3) is 14.6. The highest BCUT2D eigenvalue weighted by Crippen LogP contribution is 2.65. The summed E-state index contributed by atoms with van der Waals surface area (Å²) in [7, 11) is 0. The molecule has 3 aliphatic carbocycles. The molecule has 1 amide bonds. The first-order valence-electron chi connectivity index (χ1n) is 31.2. The molecule has 2 aliphatic heterocycles. The minimum absolute atomic E-state index is 0.104. The monoisotopic (exact) mass is 1180 g/mol. The number of hydrogen-bond acceptors (Lipinski definition) is 16. The fourth-order valence-corrected chi connectivity index (χ4v) is 14.3. The summed E-state index contributed by atoms with van der Waals surface area (Å²) >= 11 is 0. The SMILES string of the molecule is CCCCCCCCCCCCCCCCCC1OCC(COC(=O)O[C@@H](C(=O)O[C@H]2C[C@@]3(O)[C@@H](OC(=O)c4ccccc4)[C@@H]4[C@]5(OC(C)=O)CO[C@@H]5C[C@H](O)[C@@]4(C)C(=O)[C@H](C)C(=C2C)C3(C)C)[C@@H](NC(=O)c2ccccc2)c2ccccc2)O1. The molecule has 2 bridgehead atoms. The first-order valence-corrected chi connectivity index (χ1v) is 31.2. The van der Waals surface area contributed by atoms with E-state index in [0.29, 0.717) is 23.1 Å². The van der Waals surface area contributed by atoms with Crippen molar-refractivity contribution in [1.29, 1.82) is 0 Å². The predicted molar refractivity (Wildman–Crippen MR) is 316 cm³/mol. The van der Waals surface area contributed by atoms with Gasteiger partial charge in [0.15, 0.2) is 11.9 Å². The molecule has 2 saturated carbocycles. The summed E-state index contributed by atoms with van der Waals surface area (Å²) in [6, 6.07) is 23.3. The molecule has 85 heavy (non-hydrogen) atoms. The van der Waals surface area contributed by atoms with Crippen LogP contribution in [0.3, 0.4) is 0 Å². The molecule has 2 saturated heterocycles. The van der Waals surface area contributed by atoms with E-state index in [1.54, 1.807) is 113 Å². The highest BCUT2D eigenvalue weighted by Gasteiger charge is 2.77. The molecule has 0 spiro atoms. The molecule has 17 nitrogen and oxygen atoms in total. The van der Waals surface area contributed by atoms with Crippen molar-refractivity contribution in [1.82, 2.24) is 5.32 Å². The topological polar surface area (TPSA) is 229 Å². The number of ketones is 1. The van der Waals surface area contributed by atoms with E-state index in [4.69, 9.17) is 37.9 Å². The van der Waals surface area contributed by atoms with E-state index < -0.39 is 125 Å². The lowest BCUT2D eigenvalue weighted by Crippen LogP contribution is -2.81. The number of ether oxygens (including phenoxy) is 8. The largest absolute Gasteiger partial charge is 0.509 e. The Hall–Kier alpha value is -5.98. The van der Waals surface area contributed by atoms with Crippen LogP contribution in [0.1, 0.15) is 196 Å². The molecular weight excluding hydrogens is 1090 g/mol. The van der Waals surface area contributed by atoms with Gasteiger partial charge >= 0.3 is 24.1 Å². The molecule has 3 aromatic carbocycles. The predicted octanol–water partition coefficient (Wildman–Crippen LogP) is 11.6. The van der Waals surface area contributed by atoms with Gasteiger partial charge in [0.1, 0.15) is 48.4 Å². The average Bonchev–Trinajstić information content (AvgIpc) is 0.828. The standard InChI is InChI=1S/C68H91NO16/c1-8-9-10-11-12-13-14-15-16-17-18-19-20-21-31-38-54-78-41-50(81-54)42-79-64(76)83-57(56(47-32-25-22-26-33-47)69-61(73)48-34-27-23-28-35-48)63(75)82-51-40-68(77)60(84-62(74)49-36-29-24-30-37-49)58-66(7,59(72)45(3)55(44(51)2)65(68,5)6)52(71)39-53-67(58,43-80-53)85-46(4)70/h22-30,32-37,45,50-54,56-58,60,71,77H,8-21,31,38-43H2,1-7H3,(H,69,73)/t45-,50?,51+,52+,53-,54?,56+,57-,58+,60+,66-,67+,68-/m1/s1. The van der Waals surface area contributed by atoms with Crippen molar-refractivity contribution >= 4 is 35.8 Å². The molecule has 4 fully saturated rings. The number of Topliss-reactive ketones (excluding diaryl/α,β-unsaturated/α-hetero) is 1. The number of unbranched alkanes of at least 4 members (excludes halogenated alkanes) is 14. The van der Waals surface area contributed by atoms with Crippen LogP contribution >= 0.6 is 0 Å². The van der Waals surface area contributed by atoms with E-state index in [0.717, 1.165) is 19.3 Å². The molecule has 0 radical (unpaired) electrons. The van der Waals surface area contributed by atoms with Crippen molar-refractivity contribution in [2.75, 3.05) is 19.8 Å². The minimum atomic E-state index is -2.29. The number of esters is 3. The Morgan fingerprint density at radius 2 is 1.32 bits per heavy atom. The lowest BCUT2D eigenvalue weighted by Gasteiger charge is -2.67. The Bertz CT molecular complexity index is 2770. The highest BCUT2D eigenvalue weighted by molar-refractivity contribution is 5.95. The molecule has 0 aromatic heterocycles. The van der Waals surface area contributed by atoms with Gasteiger partial charge in [-0.3, -0.25) is 14.4 Å². The smallest absolute Gasteiger partial charge is 0.455 e. The van der Waals surface area contributed by atoms with Crippen LogP contribution in [-0.4, -0.2) is 120 Å². The van der Waals surface area contributed by atoms with Gasteiger partial charge in [-0.15, -0.1) is 0 Å². The quantitative estimate of drug-likeness (QED) is 0.0266. The minimum Gasteiger partial charge on any atom is -0.455 e. The molecule has 17 heteroatoms. The summed E-state index contributed by atoms with van der Waals surface area (Å²) in [4.78, 5) is 87.0. The maximum atomic E-state index is 15.6. The van der Waals surface area contributed by atoms with E-state index in [9.17, 15) is 29.4 Å². The number of aliphatic hydroxyl groups is 2. The second-order valence-electron chi connectivity index (χ2n) is 25.0. The summed E-state index contributed by atoms with van der Waals surface area (Å²) in [5.41, 5.74) is -5.83. The number of hydrogen-bond donors (Lipinski definition) is 3. The summed E-state index contributed by atoms with van der Waals surface area (Å²) < 4.78 is 49.0. The van der Waals surface area contributed by atoms with E-state index in [-0.39, 0.29) is 37.4 Å². The van der Waals surface area contributed by atoms with Crippen LogP contribution in [0.5, 0.6) is 0 Å². The lowest BCUT2D eigenvalue weighted by atomic mass is 9.43. The average molecular weight is 1180 g/mol. The Labute approximate surface area is 501 Å². The molecule has 3 N–H and O–H groups in total. The van der Waals surface area contributed by atoms with Crippen LogP contribution in [0.25, 0.3) is 0 Å². The number of benzene rings is 3. The van der Waals surface area contributed by atoms with Crippen LogP contribution in [0, 0.1) is 22.7 Å². The molecular formula is C68H91NO16. The van der Waals surface area contributed by atoms with Crippen molar-refractivity contribution in [3.63, 3.8) is 0 Å². The van der Waals surface area contributed by atoms with Gasteiger partial charge in [-0.25, -0.2) is 14.4 Å². The Morgan fingerprint density at radius 1 is 0.753 bits per heavy atom. The molecule has 13 atom stereocenters. The van der Waals surface area contributed by atoms with E-state index in [1.807, 2.05) is 0 Å². The Balaban J connectivity index is 1.02. The van der Waals surface area contributed by atoms with Gasteiger partial charge < -0.3 is 53.4 Å². The van der Waals surface area contributed by atoms with Crippen molar-refractivity contribution in [2.45, 2.75) is 224 Å². The first kappa shape index (κ1) is 65.0. The Morgan fingerprint density at radius 3 is 1.88 bits per heavy atom. The maximum absolute atomic E-state index is 15.6. The van der Waals surface area contributed by atoms with Gasteiger partial charge in [0, 0.05) is 36.7 Å². The molecule has 2 heterocycles. The van der Waals surface area contributed by atoms with Crippen molar-refractivity contribution < 1.29 is 76.9 Å². The zero-order valence-corrected chi connectivity index (χ0v) is 50.9. The number of nitrogens with one attached hydrogen (secondary N) is 1. The fraction of sp³-hybridized carbons (Fsp3) is 0.618. The normalized spacial score (nSPS) is 29.1. The number of carbonyl (C=O) groups excluding carboxylic acids is 6. The van der Waals surface area contributed by atoms with Crippen LogP contribution in [0.2, 0.25) is 0 Å². The van der Waals surface area contributed by atoms with Gasteiger partial charge in [0.2, 0.25) is 6.10 Å². The fourth-order valence-electron chi connectivity index (χ4n) is 14.3. The molecule has 3 aromatic rings. The van der Waals surface area contributed by atoms with E-state index in [2.05, 4.69) is 12.2 Å². The van der Waals surface area contributed by atoms with Crippen LogP contribution in [0.15, 0.2) is 102 Å². The van der Waals surface area contributed by atoms with Gasteiger partial charge in [-0.05, 0) is 67.7 Å². The number of aliphatic hydroxyl groups excluding tert-OH is 1. The molecule has 8 rings (SSSR count). The third-order valence-electron chi connectivity index (χ3n) is 19.0. The number of rotatable bonds is 28. The van der Waals surface area contributed by atoms with Gasteiger partial charge in [-0.1, -0.05) is 184 Å². The second-order valence-corrected chi connectivity index (χ2v) is 25.0. The molecule has 464 valence electrons. The molecule has 5 aliphatic rings. The number of amides is 1. The van der Waals surface area contributed by atoms with E-state index >= 15 is 9.59 Å². The van der Waals surface area contributed by atoms with Gasteiger partial charge in [-0.2, -0.15) is 0 Å². The van der Waals surface area contributed by atoms with Crippen molar-refractivity contribution in [2.24, 2.45) is 22.7 Å². The van der Waals surface area contributed by atoms with Gasteiger partial charge in [0.05, 0.1) is 36.2 Å². The van der Waals surface area contributed by atoms with Gasteiger partial charge in [0.25, 0.3) is 5.91 Å². The van der Waals surface area contributed by atoms with Crippen LogP contribution in [-0.2, 0) is 52.3 Å². The summed E-state index contributed by atoms with van der Waals surface area (Å²) in [6.07, 6.45) is 9.09. The van der Waals surface area contributed by atoms with Crippen LogP contribution in [0.4, 0.5) is 4.79 Å². The summed E-state index contributed by atoms with van der Waals surface area (Å²) in [5, 5.41) is 29.1. The van der Waals surface area contributed by atoms with Crippen molar-refractivity contribution in [3.05, 3.63) is 119 Å². The third-order valence-corrected chi connectivity index (χ3v) is 19.0. The Kier molecular flexibility index (Phi) is 22.3. The highest BCUT2D eigenvalue weighted by atomic mass is 16.8. The maximum Gasteiger partial charge on any atom is 0.509 e. The summed E-state index contributed by atoms with van der Waals surface area (Å²) in [6.45, 7) is 11.4. The molecule has 2 unspecified atom stereocenters. The number of carbonyl (C=O) groups is 6. The zero-order chi connectivity index (χ0) is 60.9. The second kappa shape index (κ2) is 29.1. The first-order chi connectivity index (χ1) is 40.8. The summed E-state index contributed by atoms with van der Waals surface area (Å²) in [5.74, 6) is -6.38. The lowest BCUT2D eigenvalue weighted by molar-refractivity contribution is -0.345. The zero-order valence-electron chi connectivity index (χ0n) is 50.9. The van der Waals surface area contributed by atoms with Crippen molar-refractivity contribution in [3.8, 4) is 0 Å².